The minimum Gasteiger partial charge on any atom is -0.421 e. The van der Waals surface area contributed by atoms with Crippen molar-refractivity contribution >= 4 is 11.0 Å². The lowest BCUT2D eigenvalue weighted by molar-refractivity contribution is 0.394. The summed E-state index contributed by atoms with van der Waals surface area (Å²) >= 11 is 0. The number of pyridine rings is 1. The van der Waals surface area contributed by atoms with Gasteiger partial charge in [0.2, 0.25) is 0 Å². The van der Waals surface area contributed by atoms with Crippen LogP contribution in [0.4, 0.5) is 4.39 Å². The molecule has 0 atom stereocenters. The summed E-state index contributed by atoms with van der Waals surface area (Å²) in [6, 6.07) is 9.25. The highest BCUT2D eigenvalue weighted by Crippen LogP contribution is 2.40. The maximum Gasteiger partial charge on any atom is 0.321 e. The van der Waals surface area contributed by atoms with Gasteiger partial charge in [-0.2, -0.15) is 0 Å². The van der Waals surface area contributed by atoms with Crippen molar-refractivity contribution in [2.24, 2.45) is 0 Å². The number of benzene rings is 1. The Morgan fingerprint density at radius 1 is 1.04 bits per heavy atom. The largest absolute Gasteiger partial charge is 0.421 e. The number of fused-ring (bicyclic) bond motifs is 1. The highest BCUT2D eigenvalue weighted by atomic mass is 19.1. The molecule has 0 aliphatic rings. The van der Waals surface area contributed by atoms with Gasteiger partial charge in [0.25, 0.3) is 0 Å². The summed E-state index contributed by atoms with van der Waals surface area (Å²) in [5, 5.41) is 0.917. The molecule has 0 saturated heterocycles. The first-order valence-electron chi connectivity index (χ1n) is 8.65. The zero-order chi connectivity index (χ0) is 19.0. The number of nitrogens with zero attached hydrogens (tertiary/aromatic N) is 3. The van der Waals surface area contributed by atoms with Gasteiger partial charge < -0.3 is 9.72 Å². The Morgan fingerprint density at radius 2 is 1.81 bits per heavy atom. The molecule has 136 valence electrons. The zero-order valence-electron chi connectivity index (χ0n) is 15.3. The Labute approximate surface area is 156 Å². The number of hydrogen-bond acceptors (Lipinski definition) is 4. The minimum atomic E-state index is -0.452. The van der Waals surface area contributed by atoms with Gasteiger partial charge in [0, 0.05) is 46.9 Å². The van der Waals surface area contributed by atoms with Crippen molar-refractivity contribution < 1.29 is 9.13 Å². The molecule has 0 aliphatic carbocycles. The van der Waals surface area contributed by atoms with Crippen LogP contribution in [-0.4, -0.2) is 19.9 Å². The Bertz CT molecular complexity index is 1100. The van der Waals surface area contributed by atoms with Crippen molar-refractivity contribution in [3.05, 3.63) is 66.5 Å². The predicted octanol–water partition coefficient (Wildman–Crippen LogP) is 5.25. The van der Waals surface area contributed by atoms with Gasteiger partial charge in [-0.15, -0.1) is 0 Å². The summed E-state index contributed by atoms with van der Waals surface area (Å²) < 4.78 is 21.3. The molecule has 3 heterocycles. The Kier molecular flexibility index (Phi) is 4.11. The third kappa shape index (κ3) is 3.26. The smallest absolute Gasteiger partial charge is 0.321 e. The molecule has 0 aliphatic heterocycles. The van der Waals surface area contributed by atoms with Gasteiger partial charge in [-0.1, -0.05) is 32.9 Å². The lowest BCUT2D eigenvalue weighted by atomic mass is 9.85. The molecule has 4 aromatic rings. The number of aromatic nitrogens is 4. The second-order valence-corrected chi connectivity index (χ2v) is 7.33. The molecule has 0 saturated carbocycles. The normalized spacial score (nSPS) is 11.7. The number of nitrogens with one attached hydrogen (secondary N) is 1. The zero-order valence-corrected chi connectivity index (χ0v) is 15.3. The van der Waals surface area contributed by atoms with E-state index in [0.29, 0.717) is 11.1 Å². The van der Waals surface area contributed by atoms with E-state index in [1.54, 1.807) is 30.7 Å². The van der Waals surface area contributed by atoms with Gasteiger partial charge in [0.05, 0.1) is 0 Å². The third-order valence-corrected chi connectivity index (χ3v) is 4.35. The Morgan fingerprint density at radius 3 is 2.56 bits per heavy atom. The van der Waals surface area contributed by atoms with Crippen LogP contribution in [0.3, 0.4) is 0 Å². The molecule has 1 N–H and O–H groups in total. The van der Waals surface area contributed by atoms with E-state index in [1.807, 2.05) is 45.2 Å². The quantitative estimate of drug-likeness (QED) is 0.541. The minimum absolute atomic E-state index is 0.110. The molecule has 3 aromatic heterocycles. The molecule has 5 nitrogen and oxygen atoms in total. The van der Waals surface area contributed by atoms with Gasteiger partial charge in [-0.25, -0.2) is 19.3 Å². The van der Waals surface area contributed by atoms with Crippen molar-refractivity contribution in [2.45, 2.75) is 26.2 Å². The number of ether oxygens (including phenoxy) is 1. The summed E-state index contributed by atoms with van der Waals surface area (Å²) in [6.45, 7) is 6.02. The number of halogens is 1. The monoisotopic (exact) mass is 362 g/mol. The van der Waals surface area contributed by atoms with E-state index in [-0.39, 0.29) is 17.2 Å². The van der Waals surface area contributed by atoms with Gasteiger partial charge >= 0.3 is 6.01 Å². The Hall–Kier alpha value is -3.28. The van der Waals surface area contributed by atoms with Crippen LogP contribution >= 0.6 is 0 Å². The fourth-order valence-electron chi connectivity index (χ4n) is 2.99. The van der Waals surface area contributed by atoms with Crippen LogP contribution in [0.5, 0.6) is 11.8 Å². The van der Waals surface area contributed by atoms with Crippen LogP contribution in [0.15, 0.2) is 55.1 Å². The van der Waals surface area contributed by atoms with Crippen molar-refractivity contribution in [2.75, 3.05) is 0 Å². The summed E-state index contributed by atoms with van der Waals surface area (Å²) in [5.41, 5.74) is 2.29. The molecule has 6 heteroatoms. The van der Waals surface area contributed by atoms with Crippen molar-refractivity contribution in [1.82, 2.24) is 19.9 Å². The first-order chi connectivity index (χ1) is 12.9. The number of aromatic amines is 1. The van der Waals surface area contributed by atoms with Gasteiger partial charge in [0.15, 0.2) is 11.6 Å². The third-order valence-electron chi connectivity index (χ3n) is 4.35. The van der Waals surface area contributed by atoms with E-state index in [1.165, 1.54) is 0 Å². The average Bonchev–Trinajstić information content (AvgIpc) is 3.11. The van der Waals surface area contributed by atoms with Crippen LogP contribution in [0, 0.1) is 5.82 Å². The van der Waals surface area contributed by atoms with E-state index in [0.717, 1.165) is 16.6 Å². The van der Waals surface area contributed by atoms with Crippen molar-refractivity contribution in [3.8, 4) is 22.9 Å². The lowest BCUT2D eigenvalue weighted by Gasteiger charge is -2.23. The van der Waals surface area contributed by atoms with Crippen LogP contribution < -0.4 is 4.74 Å². The van der Waals surface area contributed by atoms with Crippen LogP contribution in [0.1, 0.15) is 26.3 Å². The standard InChI is InChI=1S/C21H19FN4O/c1-21(2,3)16-6-5-15(14-11-13-7-10-23-19(13)26-12-14)17(22)18(16)27-20-24-8-4-9-25-20/h4-12H,1-3H3,(H,23,26). The molecule has 0 fully saturated rings. The molecule has 0 spiro atoms. The van der Waals surface area contributed by atoms with Crippen molar-refractivity contribution in [1.29, 1.82) is 0 Å². The maximum absolute atomic E-state index is 15.5. The van der Waals surface area contributed by atoms with E-state index < -0.39 is 5.82 Å². The molecule has 0 bridgehead atoms. The van der Waals surface area contributed by atoms with E-state index in [2.05, 4.69) is 19.9 Å². The summed E-state index contributed by atoms with van der Waals surface area (Å²) in [7, 11) is 0. The fourth-order valence-corrected chi connectivity index (χ4v) is 2.99. The SMILES string of the molecule is CC(C)(C)c1ccc(-c2cnc3[nH]ccc3c2)c(F)c1Oc1ncccn1. The average molecular weight is 362 g/mol. The number of H-pyrrole nitrogens is 1. The highest BCUT2D eigenvalue weighted by molar-refractivity contribution is 5.82. The number of rotatable bonds is 3. The summed E-state index contributed by atoms with van der Waals surface area (Å²) in [5.74, 6) is -0.313. The first kappa shape index (κ1) is 17.1. The second-order valence-electron chi connectivity index (χ2n) is 7.33. The summed E-state index contributed by atoms with van der Waals surface area (Å²) in [6.07, 6.45) is 6.58. The molecule has 0 amide bonds. The lowest BCUT2D eigenvalue weighted by Crippen LogP contribution is -2.14. The van der Waals surface area contributed by atoms with Gasteiger partial charge in [-0.05, 0) is 23.6 Å². The van der Waals surface area contributed by atoms with E-state index in [4.69, 9.17) is 4.74 Å². The Balaban J connectivity index is 1.87. The highest BCUT2D eigenvalue weighted by Gasteiger charge is 2.25. The van der Waals surface area contributed by atoms with E-state index in [9.17, 15) is 0 Å². The van der Waals surface area contributed by atoms with Crippen LogP contribution in [0.2, 0.25) is 0 Å². The number of hydrogen-bond donors (Lipinski definition) is 1. The second kappa shape index (κ2) is 6.46. The molecule has 1 aromatic carbocycles. The van der Waals surface area contributed by atoms with Crippen LogP contribution in [0.25, 0.3) is 22.2 Å². The molecular formula is C21H19FN4O. The molecule has 27 heavy (non-hydrogen) atoms. The topological polar surface area (TPSA) is 63.7 Å². The van der Waals surface area contributed by atoms with Crippen LogP contribution in [-0.2, 0) is 5.41 Å². The molecular weight excluding hydrogens is 343 g/mol. The molecule has 0 radical (unpaired) electrons. The first-order valence-corrected chi connectivity index (χ1v) is 8.65. The van der Waals surface area contributed by atoms with Crippen molar-refractivity contribution in [3.63, 3.8) is 0 Å². The maximum atomic E-state index is 15.5. The van der Waals surface area contributed by atoms with Gasteiger partial charge in [0.1, 0.15) is 5.65 Å². The fraction of sp³-hybridized carbons (Fsp3) is 0.190. The predicted molar refractivity (Wildman–Crippen MR) is 102 cm³/mol. The molecule has 0 unspecified atom stereocenters. The van der Waals surface area contributed by atoms with E-state index >= 15 is 4.39 Å². The van der Waals surface area contributed by atoms with Gasteiger partial charge in [-0.3, -0.25) is 0 Å². The molecule has 4 rings (SSSR count). The summed E-state index contributed by atoms with van der Waals surface area (Å²) in [4.78, 5) is 15.5.